The lowest BCUT2D eigenvalue weighted by Gasteiger charge is -2.26. The van der Waals surface area contributed by atoms with Gasteiger partial charge in [0.25, 0.3) is 0 Å². The molecule has 1 fully saturated rings. The van der Waals surface area contributed by atoms with Crippen LogP contribution in [0.2, 0.25) is 0 Å². The molecule has 1 heterocycles. The Hall–Kier alpha value is -1.10. The second kappa shape index (κ2) is 3.74. The van der Waals surface area contributed by atoms with Crippen molar-refractivity contribution in [3.05, 3.63) is 0 Å². The predicted molar refractivity (Wildman–Crippen MR) is 46.3 cm³/mol. The zero-order chi connectivity index (χ0) is 10.0. The molecule has 1 aliphatic heterocycles. The second-order valence-corrected chi connectivity index (χ2v) is 3.38. The molecule has 1 amide bonds. The summed E-state index contributed by atoms with van der Waals surface area (Å²) in [7, 11) is 1.73. The van der Waals surface area contributed by atoms with E-state index >= 15 is 0 Å². The van der Waals surface area contributed by atoms with Crippen molar-refractivity contribution in [3.8, 4) is 0 Å². The highest BCUT2D eigenvalue weighted by Gasteiger charge is 2.30. The minimum absolute atomic E-state index is 0.0244. The molecular weight excluding hydrogens is 172 g/mol. The molecule has 2 atom stereocenters. The summed E-state index contributed by atoms with van der Waals surface area (Å²) in [4.78, 5) is 23.6. The van der Waals surface area contributed by atoms with E-state index < -0.39 is 12.0 Å². The summed E-state index contributed by atoms with van der Waals surface area (Å²) in [6.07, 6.45) is 0.361. The molecule has 0 bridgehead atoms. The molecule has 0 aromatic rings. The average molecular weight is 186 g/mol. The van der Waals surface area contributed by atoms with Crippen molar-refractivity contribution in [3.63, 3.8) is 0 Å². The van der Waals surface area contributed by atoms with Crippen LogP contribution in [-0.4, -0.2) is 47.6 Å². The fraction of sp³-hybridized carbons (Fsp3) is 0.750. The highest BCUT2D eigenvalue weighted by Crippen LogP contribution is 2.09. The van der Waals surface area contributed by atoms with Gasteiger partial charge in [-0.25, -0.2) is 0 Å². The topological polar surface area (TPSA) is 69.6 Å². The van der Waals surface area contributed by atoms with Gasteiger partial charge in [0.05, 0.1) is 0 Å². The van der Waals surface area contributed by atoms with E-state index in [2.05, 4.69) is 5.32 Å². The molecule has 5 heteroatoms. The van der Waals surface area contributed by atoms with Crippen molar-refractivity contribution in [1.29, 1.82) is 0 Å². The van der Waals surface area contributed by atoms with Gasteiger partial charge in [0.15, 0.2) is 0 Å². The monoisotopic (exact) mass is 186 g/mol. The van der Waals surface area contributed by atoms with Crippen molar-refractivity contribution in [1.82, 2.24) is 10.2 Å². The van der Waals surface area contributed by atoms with Crippen molar-refractivity contribution >= 4 is 11.9 Å². The maximum atomic E-state index is 11.1. The van der Waals surface area contributed by atoms with Crippen LogP contribution >= 0.6 is 0 Å². The maximum Gasteiger partial charge on any atom is 0.322 e. The molecule has 13 heavy (non-hydrogen) atoms. The molecule has 0 aliphatic carbocycles. The van der Waals surface area contributed by atoms with E-state index in [9.17, 15) is 9.59 Å². The van der Waals surface area contributed by atoms with Gasteiger partial charge in [0.1, 0.15) is 6.04 Å². The number of carbonyl (C=O) groups excluding carboxylic acids is 1. The number of amides is 1. The van der Waals surface area contributed by atoms with Crippen LogP contribution in [-0.2, 0) is 9.59 Å². The lowest BCUT2D eigenvalue weighted by molar-refractivity contribution is -0.143. The third-order valence-electron chi connectivity index (χ3n) is 2.45. The Labute approximate surface area is 76.7 Å². The molecule has 5 nitrogen and oxygen atoms in total. The number of rotatable bonds is 1. The molecule has 0 saturated carbocycles. The molecule has 1 saturated heterocycles. The van der Waals surface area contributed by atoms with Gasteiger partial charge in [-0.15, -0.1) is 0 Å². The summed E-state index contributed by atoms with van der Waals surface area (Å²) >= 11 is 0. The van der Waals surface area contributed by atoms with Crippen molar-refractivity contribution in [2.45, 2.75) is 25.4 Å². The standard InChI is InChI=1S/C8H14N2O3/c1-5-3-7(11)9-4-6(8(12)13)10(5)2/h5-6H,3-4H2,1-2H3,(H,9,11)(H,12,13). The lowest BCUT2D eigenvalue weighted by Crippen LogP contribution is -2.46. The fourth-order valence-corrected chi connectivity index (χ4v) is 1.41. The quantitative estimate of drug-likeness (QED) is 0.567. The normalized spacial score (nSPS) is 30.8. The van der Waals surface area contributed by atoms with Gasteiger partial charge in [-0.2, -0.15) is 0 Å². The number of carboxylic acid groups (broad SMARTS) is 1. The van der Waals surface area contributed by atoms with Crippen molar-refractivity contribution in [2.24, 2.45) is 0 Å². The van der Waals surface area contributed by atoms with E-state index in [1.807, 2.05) is 6.92 Å². The van der Waals surface area contributed by atoms with E-state index in [1.165, 1.54) is 0 Å². The molecular formula is C8H14N2O3. The SMILES string of the molecule is CC1CC(=O)NCC(C(=O)O)N1C. The Morgan fingerprint density at radius 2 is 2.31 bits per heavy atom. The van der Waals surface area contributed by atoms with Crippen LogP contribution < -0.4 is 5.32 Å². The van der Waals surface area contributed by atoms with Crippen LogP contribution in [0.5, 0.6) is 0 Å². The number of hydrogen-bond donors (Lipinski definition) is 2. The first kappa shape index (κ1) is 9.98. The number of nitrogens with one attached hydrogen (secondary N) is 1. The molecule has 2 N–H and O–H groups in total. The fourth-order valence-electron chi connectivity index (χ4n) is 1.41. The minimum Gasteiger partial charge on any atom is -0.480 e. The van der Waals surface area contributed by atoms with E-state index in [-0.39, 0.29) is 18.5 Å². The molecule has 0 aromatic heterocycles. The first-order valence-corrected chi connectivity index (χ1v) is 4.24. The number of hydrogen-bond acceptors (Lipinski definition) is 3. The summed E-state index contributed by atoms with van der Waals surface area (Å²) in [6.45, 7) is 2.04. The van der Waals surface area contributed by atoms with E-state index in [1.54, 1.807) is 11.9 Å². The molecule has 1 rings (SSSR count). The molecule has 0 radical (unpaired) electrons. The Kier molecular flexibility index (Phi) is 2.87. The Balaban J connectivity index is 2.75. The minimum atomic E-state index is -0.892. The van der Waals surface area contributed by atoms with Crippen molar-refractivity contribution in [2.75, 3.05) is 13.6 Å². The van der Waals surface area contributed by atoms with Gasteiger partial charge in [-0.1, -0.05) is 0 Å². The van der Waals surface area contributed by atoms with Crippen molar-refractivity contribution < 1.29 is 14.7 Å². The molecule has 0 spiro atoms. The third kappa shape index (κ3) is 2.18. The highest BCUT2D eigenvalue weighted by atomic mass is 16.4. The van der Waals surface area contributed by atoms with Gasteiger partial charge in [-0.05, 0) is 14.0 Å². The van der Waals surface area contributed by atoms with Gasteiger partial charge < -0.3 is 10.4 Å². The number of carboxylic acids is 1. The van der Waals surface area contributed by atoms with Crippen LogP contribution in [0.1, 0.15) is 13.3 Å². The van der Waals surface area contributed by atoms with Crippen LogP contribution in [0.3, 0.4) is 0 Å². The Morgan fingerprint density at radius 1 is 1.69 bits per heavy atom. The number of likely N-dealkylation sites (N-methyl/N-ethyl adjacent to an activating group) is 1. The zero-order valence-electron chi connectivity index (χ0n) is 7.78. The van der Waals surface area contributed by atoms with Gasteiger partial charge in [0, 0.05) is 19.0 Å². The van der Waals surface area contributed by atoms with E-state index in [0.29, 0.717) is 6.42 Å². The lowest BCUT2D eigenvalue weighted by atomic mass is 10.2. The first-order valence-electron chi connectivity index (χ1n) is 4.24. The predicted octanol–water partition coefficient (Wildman–Crippen LogP) is -0.720. The molecule has 1 aliphatic rings. The zero-order valence-corrected chi connectivity index (χ0v) is 7.78. The maximum absolute atomic E-state index is 11.1. The molecule has 0 aromatic carbocycles. The highest BCUT2D eigenvalue weighted by molar-refractivity contribution is 5.80. The smallest absolute Gasteiger partial charge is 0.322 e. The Bertz CT molecular complexity index is 229. The van der Waals surface area contributed by atoms with Crippen LogP contribution in [0.15, 0.2) is 0 Å². The first-order chi connectivity index (χ1) is 6.02. The summed E-state index contributed by atoms with van der Waals surface area (Å²) < 4.78 is 0. The third-order valence-corrected chi connectivity index (χ3v) is 2.45. The number of carbonyl (C=O) groups is 2. The largest absolute Gasteiger partial charge is 0.480 e. The summed E-state index contributed by atoms with van der Waals surface area (Å²) in [5.74, 6) is -0.973. The molecule has 2 unspecified atom stereocenters. The number of nitrogens with zero attached hydrogens (tertiary/aromatic N) is 1. The van der Waals surface area contributed by atoms with Gasteiger partial charge in [-0.3, -0.25) is 14.5 Å². The van der Waals surface area contributed by atoms with Gasteiger partial charge in [0.2, 0.25) is 5.91 Å². The van der Waals surface area contributed by atoms with Crippen LogP contribution in [0.4, 0.5) is 0 Å². The van der Waals surface area contributed by atoms with E-state index in [4.69, 9.17) is 5.11 Å². The summed E-state index contributed by atoms with van der Waals surface area (Å²) in [5, 5.41) is 11.4. The summed E-state index contributed by atoms with van der Waals surface area (Å²) in [6, 6.07) is -0.634. The summed E-state index contributed by atoms with van der Waals surface area (Å²) in [5.41, 5.74) is 0. The average Bonchev–Trinajstić information content (AvgIpc) is 2.13. The van der Waals surface area contributed by atoms with Crippen LogP contribution in [0, 0.1) is 0 Å². The van der Waals surface area contributed by atoms with Gasteiger partial charge >= 0.3 is 5.97 Å². The van der Waals surface area contributed by atoms with E-state index in [0.717, 1.165) is 0 Å². The second-order valence-electron chi connectivity index (χ2n) is 3.38. The Morgan fingerprint density at radius 3 is 2.85 bits per heavy atom. The molecule has 74 valence electrons. The number of aliphatic carboxylic acids is 1. The van der Waals surface area contributed by atoms with Crippen LogP contribution in [0.25, 0.3) is 0 Å².